The summed E-state index contributed by atoms with van der Waals surface area (Å²) < 4.78 is 27.6. The molecule has 3 aromatic carbocycles. The fraction of sp³-hybridized carbons (Fsp3) is 0.136. The molecule has 1 amide bonds. The number of carbonyl (C=O) groups is 1. The van der Waals surface area contributed by atoms with Crippen molar-refractivity contribution in [1.82, 2.24) is 5.32 Å². The summed E-state index contributed by atoms with van der Waals surface area (Å²) in [6, 6.07) is 22.4. The molecule has 0 aliphatic heterocycles. The van der Waals surface area contributed by atoms with Crippen LogP contribution in [0.4, 0.5) is 5.69 Å². The normalized spacial score (nSPS) is 11.1. The van der Waals surface area contributed by atoms with Gasteiger partial charge in [0.1, 0.15) is 6.54 Å². The molecule has 0 bridgehead atoms. The number of nitrogens with one attached hydrogen (secondary N) is 1. The van der Waals surface area contributed by atoms with E-state index < -0.39 is 15.9 Å². The first-order valence-corrected chi connectivity index (χ1v) is 10.8. The fourth-order valence-electron chi connectivity index (χ4n) is 2.77. The van der Waals surface area contributed by atoms with Gasteiger partial charge in [0.2, 0.25) is 5.91 Å². The van der Waals surface area contributed by atoms with Crippen molar-refractivity contribution in [1.29, 1.82) is 0 Å². The molecule has 0 aliphatic carbocycles. The third kappa shape index (κ3) is 5.37. The number of benzene rings is 3. The number of hydrogen-bond donors (Lipinski definition) is 1. The molecule has 29 heavy (non-hydrogen) atoms. The number of hydrogen-bond acceptors (Lipinski definition) is 3. The van der Waals surface area contributed by atoms with E-state index in [0.717, 1.165) is 15.4 Å². The molecule has 3 aromatic rings. The second-order valence-electron chi connectivity index (χ2n) is 6.57. The van der Waals surface area contributed by atoms with Crippen molar-refractivity contribution < 1.29 is 13.2 Å². The molecule has 0 unspecified atom stereocenters. The number of carbonyl (C=O) groups excluding carboxylic acids is 1. The van der Waals surface area contributed by atoms with Gasteiger partial charge in [-0.2, -0.15) is 0 Å². The lowest BCUT2D eigenvalue weighted by Crippen LogP contribution is -2.40. The van der Waals surface area contributed by atoms with E-state index in [1.54, 1.807) is 30.3 Å². The van der Waals surface area contributed by atoms with Gasteiger partial charge in [0.25, 0.3) is 10.0 Å². The molecular weight excluding hydrogens is 408 g/mol. The zero-order chi connectivity index (χ0) is 20.9. The SMILES string of the molecule is Cc1ccc(S(=O)(=O)N(CC(=O)NCc2ccccc2)c2cccc(Cl)c2)cc1. The Morgan fingerprint density at radius 3 is 2.31 bits per heavy atom. The summed E-state index contributed by atoms with van der Waals surface area (Å²) in [4.78, 5) is 12.7. The zero-order valence-corrected chi connectivity index (χ0v) is 17.5. The van der Waals surface area contributed by atoms with Crippen LogP contribution < -0.4 is 9.62 Å². The Balaban J connectivity index is 1.87. The molecular formula is C22H21ClN2O3S. The summed E-state index contributed by atoms with van der Waals surface area (Å²) in [5, 5.41) is 3.15. The van der Waals surface area contributed by atoms with E-state index in [0.29, 0.717) is 17.3 Å². The average Bonchev–Trinajstić information content (AvgIpc) is 2.71. The lowest BCUT2D eigenvalue weighted by Gasteiger charge is -2.24. The summed E-state index contributed by atoms with van der Waals surface area (Å²) in [6.07, 6.45) is 0. The lowest BCUT2D eigenvalue weighted by molar-refractivity contribution is -0.119. The smallest absolute Gasteiger partial charge is 0.264 e. The van der Waals surface area contributed by atoms with Crippen molar-refractivity contribution in [3.8, 4) is 0 Å². The van der Waals surface area contributed by atoms with Gasteiger partial charge >= 0.3 is 0 Å². The summed E-state index contributed by atoms with van der Waals surface area (Å²) >= 11 is 6.06. The molecule has 0 spiro atoms. The van der Waals surface area contributed by atoms with Gasteiger partial charge in [-0.05, 0) is 42.8 Å². The monoisotopic (exact) mass is 428 g/mol. The van der Waals surface area contributed by atoms with E-state index in [9.17, 15) is 13.2 Å². The predicted octanol–water partition coefficient (Wildman–Crippen LogP) is 4.16. The Morgan fingerprint density at radius 2 is 1.66 bits per heavy atom. The first-order chi connectivity index (χ1) is 13.9. The number of anilines is 1. The van der Waals surface area contributed by atoms with Crippen LogP contribution in [0.5, 0.6) is 0 Å². The Kier molecular flexibility index (Phi) is 6.56. The van der Waals surface area contributed by atoms with E-state index in [1.807, 2.05) is 37.3 Å². The molecule has 0 heterocycles. The fourth-order valence-corrected chi connectivity index (χ4v) is 4.36. The third-order valence-electron chi connectivity index (χ3n) is 4.32. The molecule has 0 aliphatic rings. The van der Waals surface area contributed by atoms with Crippen LogP contribution in [0.1, 0.15) is 11.1 Å². The topological polar surface area (TPSA) is 66.5 Å². The molecule has 0 saturated carbocycles. The van der Waals surface area contributed by atoms with Crippen molar-refractivity contribution in [3.63, 3.8) is 0 Å². The van der Waals surface area contributed by atoms with Crippen LogP contribution in [0.2, 0.25) is 5.02 Å². The molecule has 0 fully saturated rings. The molecule has 0 atom stereocenters. The molecule has 7 heteroatoms. The number of amides is 1. The lowest BCUT2D eigenvalue weighted by atomic mass is 10.2. The highest BCUT2D eigenvalue weighted by atomic mass is 35.5. The van der Waals surface area contributed by atoms with Crippen LogP contribution in [0.25, 0.3) is 0 Å². The van der Waals surface area contributed by atoms with Crippen molar-refractivity contribution in [3.05, 3.63) is 95.0 Å². The Hall–Kier alpha value is -2.83. The van der Waals surface area contributed by atoms with Crippen LogP contribution in [0.15, 0.2) is 83.8 Å². The van der Waals surface area contributed by atoms with Crippen molar-refractivity contribution >= 4 is 33.2 Å². The maximum absolute atomic E-state index is 13.3. The molecule has 5 nitrogen and oxygen atoms in total. The first kappa shape index (κ1) is 20.9. The number of sulfonamides is 1. The maximum Gasteiger partial charge on any atom is 0.264 e. The molecule has 0 saturated heterocycles. The van der Waals surface area contributed by atoms with Crippen LogP contribution in [0, 0.1) is 6.92 Å². The summed E-state index contributed by atoms with van der Waals surface area (Å²) in [7, 11) is -3.95. The van der Waals surface area contributed by atoms with E-state index in [-0.39, 0.29) is 11.4 Å². The highest BCUT2D eigenvalue weighted by Gasteiger charge is 2.27. The summed E-state index contributed by atoms with van der Waals surface area (Å²) in [5.41, 5.74) is 2.20. The molecule has 3 rings (SSSR count). The maximum atomic E-state index is 13.3. The minimum Gasteiger partial charge on any atom is -0.350 e. The van der Waals surface area contributed by atoms with Gasteiger partial charge in [-0.15, -0.1) is 0 Å². The predicted molar refractivity (Wildman–Crippen MR) is 115 cm³/mol. The van der Waals surface area contributed by atoms with Crippen molar-refractivity contribution in [2.75, 3.05) is 10.8 Å². The van der Waals surface area contributed by atoms with E-state index in [1.165, 1.54) is 18.2 Å². The zero-order valence-electron chi connectivity index (χ0n) is 15.9. The van der Waals surface area contributed by atoms with Crippen LogP contribution >= 0.6 is 11.6 Å². The Morgan fingerprint density at radius 1 is 0.966 bits per heavy atom. The van der Waals surface area contributed by atoms with Gasteiger partial charge < -0.3 is 5.32 Å². The van der Waals surface area contributed by atoms with Crippen LogP contribution in [-0.4, -0.2) is 20.9 Å². The van der Waals surface area contributed by atoms with Gasteiger partial charge in [-0.25, -0.2) is 8.42 Å². The summed E-state index contributed by atoms with van der Waals surface area (Å²) in [5.74, 6) is -0.412. The quantitative estimate of drug-likeness (QED) is 0.614. The highest BCUT2D eigenvalue weighted by Crippen LogP contribution is 2.26. The van der Waals surface area contributed by atoms with E-state index >= 15 is 0 Å². The number of nitrogens with zero attached hydrogens (tertiary/aromatic N) is 1. The number of aryl methyl sites for hydroxylation is 1. The largest absolute Gasteiger partial charge is 0.350 e. The Bertz CT molecular complexity index is 1080. The molecule has 0 radical (unpaired) electrons. The standard InChI is InChI=1S/C22H21ClN2O3S/c1-17-10-12-21(13-11-17)29(27,28)25(20-9-5-8-19(23)14-20)16-22(26)24-15-18-6-3-2-4-7-18/h2-14H,15-16H2,1H3,(H,24,26). The molecule has 1 N–H and O–H groups in total. The number of rotatable bonds is 7. The van der Waals surface area contributed by atoms with Gasteiger partial charge in [0, 0.05) is 11.6 Å². The van der Waals surface area contributed by atoms with Gasteiger partial charge in [-0.1, -0.05) is 65.7 Å². The summed E-state index contributed by atoms with van der Waals surface area (Å²) in [6.45, 7) is 1.83. The van der Waals surface area contributed by atoms with Gasteiger partial charge in [0.05, 0.1) is 10.6 Å². The Labute approximate surface area is 176 Å². The van der Waals surface area contributed by atoms with Crippen LogP contribution in [-0.2, 0) is 21.4 Å². The third-order valence-corrected chi connectivity index (χ3v) is 6.35. The minimum atomic E-state index is -3.95. The second kappa shape index (κ2) is 9.11. The minimum absolute atomic E-state index is 0.110. The second-order valence-corrected chi connectivity index (χ2v) is 8.87. The molecule has 0 aromatic heterocycles. The van der Waals surface area contributed by atoms with E-state index in [4.69, 9.17) is 11.6 Å². The van der Waals surface area contributed by atoms with E-state index in [2.05, 4.69) is 5.32 Å². The highest BCUT2D eigenvalue weighted by molar-refractivity contribution is 7.92. The molecule has 150 valence electrons. The van der Waals surface area contributed by atoms with Gasteiger partial charge in [0.15, 0.2) is 0 Å². The van der Waals surface area contributed by atoms with Crippen molar-refractivity contribution in [2.24, 2.45) is 0 Å². The van der Waals surface area contributed by atoms with Gasteiger partial charge in [-0.3, -0.25) is 9.10 Å². The van der Waals surface area contributed by atoms with Crippen LogP contribution in [0.3, 0.4) is 0 Å². The number of halogens is 1. The first-order valence-electron chi connectivity index (χ1n) is 9.02. The average molecular weight is 429 g/mol. The van der Waals surface area contributed by atoms with Crippen molar-refractivity contribution in [2.45, 2.75) is 18.4 Å².